The molecule has 3 N–H and O–H groups in total. The van der Waals surface area contributed by atoms with Crippen LogP contribution in [0.1, 0.15) is 63.3 Å². The van der Waals surface area contributed by atoms with Crippen molar-refractivity contribution in [2.24, 2.45) is 0 Å². The molecule has 0 heterocycles. The number of benzene rings is 2. The van der Waals surface area contributed by atoms with E-state index < -0.39 is 48.1 Å². The molecule has 0 aliphatic rings. The molecule has 0 bridgehead atoms. The monoisotopic (exact) mass is 565 g/mol. The maximum Gasteiger partial charge on any atom is 0.408 e. The molecular weight excluding hydrogens is 526 g/mol. The minimum absolute atomic E-state index is 0.0499. The third kappa shape index (κ3) is 10.2. The highest BCUT2D eigenvalue weighted by Gasteiger charge is 2.37. The summed E-state index contributed by atoms with van der Waals surface area (Å²) >= 11 is 0. The number of nitrogens with zero attached hydrogens (tertiary/aromatic N) is 1. The number of carbonyl (C=O) groups excluding carboxylic acids is 4. The van der Waals surface area contributed by atoms with E-state index >= 15 is 0 Å². The lowest BCUT2D eigenvalue weighted by Crippen LogP contribution is -2.54. The SMILES string of the molecule is C#Cc1ccccc1C(C(=O)NCC(=O)OC)N(CCCC)C(=O)C(Cc1ccc(O)cc1)NC(=O)OC(C)(C)C. The minimum atomic E-state index is -1.21. The number of hydrogen-bond donors (Lipinski definition) is 3. The fourth-order valence-corrected chi connectivity index (χ4v) is 4.06. The quantitative estimate of drug-likeness (QED) is 0.265. The van der Waals surface area contributed by atoms with Gasteiger partial charge in [0.05, 0.1) is 7.11 Å². The van der Waals surface area contributed by atoms with Crippen LogP contribution in [0, 0.1) is 12.3 Å². The Hall–Kier alpha value is -4.52. The Morgan fingerprint density at radius 1 is 1.07 bits per heavy atom. The van der Waals surface area contributed by atoms with Gasteiger partial charge in [-0.1, -0.05) is 49.6 Å². The third-order valence-electron chi connectivity index (χ3n) is 6.01. The van der Waals surface area contributed by atoms with Crippen molar-refractivity contribution in [3.05, 3.63) is 65.2 Å². The van der Waals surface area contributed by atoms with Crippen LogP contribution in [0.3, 0.4) is 0 Å². The number of methoxy groups -OCH3 is 1. The van der Waals surface area contributed by atoms with Crippen LogP contribution in [0.15, 0.2) is 48.5 Å². The molecule has 0 radical (unpaired) electrons. The molecule has 10 nitrogen and oxygen atoms in total. The maximum atomic E-state index is 14.3. The van der Waals surface area contributed by atoms with Crippen molar-refractivity contribution in [2.75, 3.05) is 20.2 Å². The highest BCUT2D eigenvalue weighted by Crippen LogP contribution is 2.27. The largest absolute Gasteiger partial charge is 0.508 e. The molecule has 2 rings (SSSR count). The molecule has 0 fully saturated rings. The van der Waals surface area contributed by atoms with Gasteiger partial charge in [0.1, 0.15) is 30.0 Å². The van der Waals surface area contributed by atoms with Gasteiger partial charge in [-0.05, 0) is 56.5 Å². The molecule has 2 aromatic carbocycles. The van der Waals surface area contributed by atoms with Gasteiger partial charge in [0.25, 0.3) is 0 Å². The maximum absolute atomic E-state index is 14.3. The number of phenols is 1. The second-order valence-corrected chi connectivity index (χ2v) is 10.4. The van der Waals surface area contributed by atoms with Crippen LogP contribution in [0.2, 0.25) is 0 Å². The fraction of sp³-hybridized carbons (Fsp3) is 0.419. The topological polar surface area (TPSA) is 134 Å². The number of aromatic hydroxyl groups is 1. The first kappa shape index (κ1) is 32.7. The molecule has 0 saturated carbocycles. The molecule has 41 heavy (non-hydrogen) atoms. The summed E-state index contributed by atoms with van der Waals surface area (Å²) in [6, 6.07) is 10.6. The van der Waals surface area contributed by atoms with Gasteiger partial charge in [-0.2, -0.15) is 0 Å². The number of amides is 3. The highest BCUT2D eigenvalue weighted by molar-refractivity contribution is 5.93. The zero-order valence-electron chi connectivity index (χ0n) is 24.2. The summed E-state index contributed by atoms with van der Waals surface area (Å²) < 4.78 is 10.1. The number of unbranched alkanes of at least 4 members (excludes halogenated alkanes) is 1. The van der Waals surface area contributed by atoms with Crippen molar-refractivity contribution in [1.82, 2.24) is 15.5 Å². The Morgan fingerprint density at radius 3 is 2.32 bits per heavy atom. The van der Waals surface area contributed by atoms with Crippen LogP contribution < -0.4 is 10.6 Å². The first-order valence-electron chi connectivity index (χ1n) is 13.4. The lowest BCUT2D eigenvalue weighted by atomic mass is 9.96. The molecule has 0 saturated heterocycles. The number of alkyl carbamates (subject to hydrolysis) is 1. The van der Waals surface area contributed by atoms with E-state index in [9.17, 15) is 24.3 Å². The number of carbonyl (C=O) groups is 4. The first-order valence-corrected chi connectivity index (χ1v) is 13.4. The molecular formula is C31H39N3O7. The molecule has 3 amide bonds. The van der Waals surface area contributed by atoms with Gasteiger partial charge in [0, 0.05) is 18.5 Å². The molecule has 2 atom stereocenters. The Morgan fingerprint density at radius 2 is 1.73 bits per heavy atom. The van der Waals surface area contributed by atoms with E-state index in [0.29, 0.717) is 29.5 Å². The number of rotatable bonds is 12. The average molecular weight is 566 g/mol. The Kier molecular flexibility index (Phi) is 12.2. The standard InChI is InChI=1S/C31H39N3O7/c1-7-9-18-34(27(28(37)32-20-26(36)40-6)24-13-11-10-12-22(24)8-2)29(38)25(33-30(39)41-31(3,4)5)19-21-14-16-23(35)17-15-21/h2,10-17,25,27,35H,7,9,18-20H2,1,3-6H3,(H,32,37)(H,33,39). The highest BCUT2D eigenvalue weighted by atomic mass is 16.6. The van der Waals surface area contributed by atoms with Crippen LogP contribution in [0.5, 0.6) is 5.75 Å². The van der Waals surface area contributed by atoms with Crippen molar-refractivity contribution in [1.29, 1.82) is 0 Å². The number of phenolic OH excluding ortho intramolecular Hbond substituents is 1. The lowest BCUT2D eigenvalue weighted by Gasteiger charge is -2.35. The van der Waals surface area contributed by atoms with E-state index in [2.05, 4.69) is 21.3 Å². The summed E-state index contributed by atoms with van der Waals surface area (Å²) in [5, 5.41) is 14.9. The first-order chi connectivity index (χ1) is 19.4. The van der Waals surface area contributed by atoms with Crippen molar-refractivity contribution < 1.29 is 33.8 Å². The molecule has 2 unspecified atom stereocenters. The van der Waals surface area contributed by atoms with Gasteiger partial charge in [0.15, 0.2) is 0 Å². The van der Waals surface area contributed by atoms with Gasteiger partial charge in [-0.3, -0.25) is 14.4 Å². The fourth-order valence-electron chi connectivity index (χ4n) is 4.06. The van der Waals surface area contributed by atoms with Crippen LogP contribution in [-0.2, 0) is 30.3 Å². The van der Waals surface area contributed by atoms with E-state index in [0.717, 1.165) is 0 Å². The predicted molar refractivity (Wildman–Crippen MR) is 154 cm³/mol. The van der Waals surface area contributed by atoms with E-state index in [1.807, 2.05) is 6.92 Å². The molecule has 0 aliphatic heterocycles. The molecule has 0 spiro atoms. The number of terminal acetylenes is 1. The van der Waals surface area contributed by atoms with Crippen molar-refractivity contribution in [3.63, 3.8) is 0 Å². The van der Waals surface area contributed by atoms with Gasteiger partial charge >= 0.3 is 12.1 Å². The van der Waals surface area contributed by atoms with Crippen LogP contribution in [0.25, 0.3) is 0 Å². The number of ether oxygens (including phenoxy) is 2. The van der Waals surface area contributed by atoms with Crippen LogP contribution in [-0.4, -0.2) is 65.7 Å². The zero-order chi connectivity index (χ0) is 30.6. The van der Waals surface area contributed by atoms with Crippen LogP contribution in [0.4, 0.5) is 4.79 Å². The summed E-state index contributed by atoms with van der Waals surface area (Å²) in [7, 11) is 1.20. The van der Waals surface area contributed by atoms with E-state index in [1.165, 1.54) is 24.1 Å². The summed E-state index contributed by atoms with van der Waals surface area (Å²) in [4.78, 5) is 54.0. The van der Waals surface area contributed by atoms with Crippen molar-refractivity contribution in [3.8, 4) is 18.1 Å². The molecule has 0 aliphatic carbocycles. The van der Waals surface area contributed by atoms with Crippen molar-refractivity contribution >= 4 is 23.9 Å². The smallest absolute Gasteiger partial charge is 0.408 e. The summed E-state index contributed by atoms with van der Waals surface area (Å²) in [6.45, 7) is 6.80. The molecule has 10 heteroatoms. The normalized spacial score (nSPS) is 12.3. The Labute approximate surface area is 241 Å². The Balaban J connectivity index is 2.60. The van der Waals surface area contributed by atoms with E-state index in [1.54, 1.807) is 57.2 Å². The summed E-state index contributed by atoms with van der Waals surface area (Å²) in [5.41, 5.74) is 0.626. The average Bonchev–Trinajstić information content (AvgIpc) is 2.93. The number of nitrogens with one attached hydrogen (secondary N) is 2. The van der Waals surface area contributed by atoms with Gasteiger partial charge in [0.2, 0.25) is 11.8 Å². The number of hydrogen-bond acceptors (Lipinski definition) is 7. The third-order valence-corrected chi connectivity index (χ3v) is 6.01. The molecule has 2 aromatic rings. The zero-order valence-corrected chi connectivity index (χ0v) is 24.2. The Bertz CT molecular complexity index is 1250. The van der Waals surface area contributed by atoms with Gasteiger partial charge in [-0.15, -0.1) is 6.42 Å². The second-order valence-electron chi connectivity index (χ2n) is 10.4. The van der Waals surface area contributed by atoms with E-state index in [-0.39, 0.29) is 18.7 Å². The van der Waals surface area contributed by atoms with Gasteiger partial charge < -0.3 is 30.1 Å². The molecule has 0 aromatic heterocycles. The van der Waals surface area contributed by atoms with E-state index in [4.69, 9.17) is 11.2 Å². The predicted octanol–water partition coefficient (Wildman–Crippen LogP) is 3.47. The minimum Gasteiger partial charge on any atom is -0.508 e. The summed E-state index contributed by atoms with van der Waals surface area (Å²) in [6.07, 6.45) is 6.25. The second kappa shape index (κ2) is 15.3. The molecule has 220 valence electrons. The lowest BCUT2D eigenvalue weighted by molar-refractivity contribution is -0.144. The number of esters is 1. The van der Waals surface area contributed by atoms with Crippen molar-refractivity contribution in [2.45, 2.75) is 64.6 Å². The van der Waals surface area contributed by atoms with Crippen LogP contribution >= 0.6 is 0 Å². The van der Waals surface area contributed by atoms with Gasteiger partial charge in [-0.25, -0.2) is 4.79 Å². The summed E-state index contributed by atoms with van der Waals surface area (Å²) in [5.74, 6) is 0.766.